The molecule has 10 rings (SSSR count). The Morgan fingerprint density at radius 3 is 1.45 bits per heavy atom. The van der Waals surface area contributed by atoms with Crippen molar-refractivity contribution in [2.24, 2.45) is 14.1 Å². The fourth-order valence-electron chi connectivity index (χ4n) is 7.86. The van der Waals surface area contributed by atoms with Gasteiger partial charge in [-0.05, 0) is 99.6 Å². The maximum atomic E-state index is 4.94. The van der Waals surface area contributed by atoms with Gasteiger partial charge in [0, 0.05) is 39.7 Å². The zero-order chi connectivity index (χ0) is 34.4. The molecule has 4 heterocycles. The molecule has 0 saturated carbocycles. The number of aryl methyl sites for hydroxylation is 2. The van der Waals surface area contributed by atoms with Crippen molar-refractivity contribution < 1.29 is 0 Å². The van der Waals surface area contributed by atoms with Gasteiger partial charge >= 0.3 is 0 Å². The second-order valence-electron chi connectivity index (χ2n) is 14.0. The molecule has 4 aromatic heterocycles. The summed E-state index contributed by atoms with van der Waals surface area (Å²) in [7, 11) is 4.19. The molecule has 0 aliphatic heterocycles. The molecule has 1 aliphatic rings. The predicted molar refractivity (Wildman–Crippen MR) is 215 cm³/mol. The van der Waals surface area contributed by atoms with E-state index in [4.69, 9.17) is 9.97 Å². The van der Waals surface area contributed by atoms with Crippen LogP contribution in [0.15, 0.2) is 133 Å². The van der Waals surface area contributed by atoms with Crippen molar-refractivity contribution >= 4 is 44.7 Å². The van der Waals surface area contributed by atoms with Crippen molar-refractivity contribution in [1.29, 1.82) is 0 Å². The highest BCUT2D eigenvalue weighted by atomic mass is 32.1. The van der Waals surface area contributed by atoms with E-state index in [1.165, 1.54) is 58.5 Å². The van der Waals surface area contributed by atoms with Gasteiger partial charge in [-0.1, -0.05) is 86.6 Å². The molecule has 0 atom stereocenters. The SMILES string of the molecule is Cn1c(-c2ccc(-c3ccc(-c4ccc5c(c4)C(C)(C)c4cc(-c6ccc(-c7nc8ccccc8n7C)s6)ccc4-5)s3)cc2)nc2ccccc21. The molecule has 0 spiro atoms. The number of hydrogen-bond donors (Lipinski definition) is 0. The van der Waals surface area contributed by atoms with Gasteiger partial charge in [0.15, 0.2) is 5.82 Å². The molecule has 5 aromatic carbocycles. The normalized spacial score (nSPS) is 13.3. The minimum absolute atomic E-state index is 0.111. The quantitative estimate of drug-likeness (QED) is 0.180. The summed E-state index contributed by atoms with van der Waals surface area (Å²) in [6, 6.07) is 48.5. The molecule has 0 radical (unpaired) electrons. The Morgan fingerprint density at radius 1 is 0.451 bits per heavy atom. The van der Waals surface area contributed by atoms with Crippen LogP contribution in [-0.2, 0) is 19.5 Å². The molecule has 0 unspecified atom stereocenters. The molecule has 246 valence electrons. The van der Waals surface area contributed by atoms with Crippen molar-refractivity contribution in [2.75, 3.05) is 0 Å². The van der Waals surface area contributed by atoms with Crippen LogP contribution in [0.4, 0.5) is 0 Å². The van der Waals surface area contributed by atoms with Gasteiger partial charge in [-0.2, -0.15) is 0 Å². The molecule has 0 N–H and O–H groups in total. The first-order valence-electron chi connectivity index (χ1n) is 17.3. The molecule has 0 fully saturated rings. The molecular weight excluding hydrogens is 661 g/mol. The van der Waals surface area contributed by atoms with Crippen molar-refractivity contribution in [2.45, 2.75) is 19.3 Å². The third-order valence-corrected chi connectivity index (χ3v) is 13.0. The Kier molecular flexibility index (Phi) is 6.66. The number of imidazole rings is 2. The first-order valence-corrected chi connectivity index (χ1v) is 18.9. The lowest BCUT2D eigenvalue weighted by Gasteiger charge is -2.22. The third kappa shape index (κ3) is 4.70. The summed E-state index contributed by atoms with van der Waals surface area (Å²) in [4.78, 5) is 14.8. The molecular formula is C45H34N4S2. The van der Waals surface area contributed by atoms with Gasteiger partial charge < -0.3 is 9.13 Å². The smallest absolute Gasteiger partial charge is 0.150 e. The van der Waals surface area contributed by atoms with E-state index in [2.05, 4.69) is 164 Å². The van der Waals surface area contributed by atoms with Gasteiger partial charge in [0.1, 0.15) is 5.82 Å². The number of aromatic nitrogens is 4. The molecule has 0 amide bonds. The van der Waals surface area contributed by atoms with Gasteiger partial charge in [0.25, 0.3) is 0 Å². The predicted octanol–water partition coefficient (Wildman–Crippen LogP) is 12.2. The number of fused-ring (bicyclic) bond motifs is 5. The van der Waals surface area contributed by atoms with Crippen LogP contribution >= 0.6 is 22.7 Å². The van der Waals surface area contributed by atoms with Crippen LogP contribution in [0, 0.1) is 0 Å². The molecule has 0 saturated heterocycles. The monoisotopic (exact) mass is 694 g/mol. The van der Waals surface area contributed by atoms with Crippen LogP contribution in [0.3, 0.4) is 0 Å². The minimum Gasteiger partial charge on any atom is -0.327 e. The number of benzene rings is 5. The summed E-state index contributed by atoms with van der Waals surface area (Å²) >= 11 is 3.67. The van der Waals surface area contributed by atoms with Crippen molar-refractivity contribution in [1.82, 2.24) is 19.1 Å². The van der Waals surface area contributed by atoms with E-state index in [0.717, 1.165) is 39.3 Å². The van der Waals surface area contributed by atoms with Crippen molar-refractivity contribution in [3.63, 3.8) is 0 Å². The molecule has 4 nitrogen and oxygen atoms in total. The van der Waals surface area contributed by atoms with Crippen LogP contribution < -0.4 is 0 Å². The van der Waals surface area contributed by atoms with Gasteiger partial charge in [-0.25, -0.2) is 9.97 Å². The summed E-state index contributed by atoms with van der Waals surface area (Å²) in [6.45, 7) is 4.74. The van der Waals surface area contributed by atoms with E-state index in [-0.39, 0.29) is 5.41 Å². The molecule has 1 aliphatic carbocycles. The minimum atomic E-state index is -0.111. The number of rotatable bonds is 5. The zero-order valence-electron chi connectivity index (χ0n) is 28.8. The van der Waals surface area contributed by atoms with E-state index >= 15 is 0 Å². The zero-order valence-corrected chi connectivity index (χ0v) is 30.4. The number of hydrogen-bond acceptors (Lipinski definition) is 4. The van der Waals surface area contributed by atoms with Crippen molar-refractivity contribution in [3.05, 3.63) is 145 Å². The van der Waals surface area contributed by atoms with Gasteiger partial charge in [0.2, 0.25) is 0 Å². The van der Waals surface area contributed by atoms with Gasteiger partial charge in [0.05, 0.1) is 26.9 Å². The summed E-state index contributed by atoms with van der Waals surface area (Å²) < 4.78 is 4.37. The number of para-hydroxylation sites is 4. The fraction of sp³-hybridized carbons (Fsp3) is 0.111. The Bertz CT molecular complexity index is 2810. The molecule has 0 bridgehead atoms. The van der Waals surface area contributed by atoms with E-state index in [1.807, 2.05) is 28.7 Å². The number of thiophene rings is 2. The van der Waals surface area contributed by atoms with Crippen LogP contribution in [0.5, 0.6) is 0 Å². The summed E-state index contributed by atoms with van der Waals surface area (Å²) in [6.07, 6.45) is 0. The Labute approximate surface area is 305 Å². The van der Waals surface area contributed by atoms with Gasteiger partial charge in [-0.3, -0.25) is 0 Å². The Balaban J connectivity index is 0.928. The summed E-state index contributed by atoms with van der Waals surface area (Å²) in [5.41, 5.74) is 14.6. The number of nitrogens with zero attached hydrogens (tertiary/aromatic N) is 4. The highest BCUT2D eigenvalue weighted by molar-refractivity contribution is 7.19. The Hall–Kier alpha value is -5.56. The van der Waals surface area contributed by atoms with E-state index in [0.29, 0.717) is 0 Å². The van der Waals surface area contributed by atoms with Crippen molar-refractivity contribution in [3.8, 4) is 64.5 Å². The first-order chi connectivity index (χ1) is 24.8. The fourth-order valence-corrected chi connectivity index (χ4v) is 9.89. The van der Waals surface area contributed by atoms with Gasteiger partial charge in [-0.15, -0.1) is 22.7 Å². The van der Waals surface area contributed by atoms with E-state index < -0.39 is 0 Å². The topological polar surface area (TPSA) is 35.6 Å². The first kappa shape index (κ1) is 30.3. The standard InChI is InChI=1S/C45H34N4S2/c1-45(2)33-25-29(40-22-21-39(50-40)27-13-15-28(16-14-27)43-46-35-9-5-7-11-37(35)48(43)3)17-19-31(33)32-20-18-30(26-34(32)45)41-23-24-42(51-41)44-47-36-10-6-8-12-38(36)49(44)4/h5-26H,1-4H3. The van der Waals surface area contributed by atoms with Crippen LogP contribution in [-0.4, -0.2) is 19.1 Å². The van der Waals surface area contributed by atoms with Crippen LogP contribution in [0.2, 0.25) is 0 Å². The third-order valence-electron chi connectivity index (χ3n) is 10.7. The average molecular weight is 695 g/mol. The highest BCUT2D eigenvalue weighted by Gasteiger charge is 2.36. The van der Waals surface area contributed by atoms with E-state index in [1.54, 1.807) is 0 Å². The second kappa shape index (κ2) is 11.2. The molecule has 9 aromatic rings. The summed E-state index contributed by atoms with van der Waals surface area (Å²) in [5.74, 6) is 2.00. The lowest BCUT2D eigenvalue weighted by molar-refractivity contribution is 0.661. The van der Waals surface area contributed by atoms with Crippen LogP contribution in [0.25, 0.3) is 86.6 Å². The lowest BCUT2D eigenvalue weighted by atomic mass is 9.81. The Morgan fingerprint density at radius 2 is 0.882 bits per heavy atom. The lowest BCUT2D eigenvalue weighted by Crippen LogP contribution is -2.15. The van der Waals surface area contributed by atoms with Crippen LogP contribution in [0.1, 0.15) is 25.0 Å². The maximum Gasteiger partial charge on any atom is 0.150 e. The average Bonchev–Trinajstić information content (AvgIpc) is 4.00. The maximum absolute atomic E-state index is 4.94. The molecule has 6 heteroatoms. The highest BCUT2D eigenvalue weighted by Crippen LogP contribution is 2.51. The summed E-state index contributed by atoms with van der Waals surface area (Å²) in [5, 5.41) is 0. The molecule has 51 heavy (non-hydrogen) atoms. The van der Waals surface area contributed by atoms with E-state index in [9.17, 15) is 0 Å². The second-order valence-corrected chi connectivity index (χ2v) is 16.2. The largest absolute Gasteiger partial charge is 0.327 e.